The van der Waals surface area contributed by atoms with Gasteiger partial charge in [0, 0.05) is 30.2 Å². The maximum Gasteiger partial charge on any atom is 0.521 e. The van der Waals surface area contributed by atoms with Crippen molar-refractivity contribution in [1.82, 2.24) is 0 Å². The van der Waals surface area contributed by atoms with Crippen LogP contribution in [0.3, 0.4) is 0 Å². The van der Waals surface area contributed by atoms with Gasteiger partial charge in [0.2, 0.25) is 5.66 Å². The minimum atomic E-state index is -2.02. The summed E-state index contributed by atoms with van der Waals surface area (Å²) in [6.07, 6.45) is 0.543. The SMILES string of the molecule is CCOC(OCC)O[P+](=O)C(CCN)c1ccc(Cl)cc1. The molecule has 0 bridgehead atoms. The van der Waals surface area contributed by atoms with Crippen molar-refractivity contribution in [2.45, 2.75) is 32.4 Å². The summed E-state index contributed by atoms with van der Waals surface area (Å²) >= 11 is 5.87. The fourth-order valence-electron chi connectivity index (χ4n) is 1.78. The molecule has 0 aliphatic rings. The third-order valence-corrected chi connectivity index (χ3v) is 4.44. The molecule has 118 valence electrons. The minimum absolute atomic E-state index is 0.314. The molecular formula is C14H22ClNO4P+. The van der Waals surface area contributed by atoms with Gasteiger partial charge in [-0.3, -0.25) is 0 Å². The molecule has 0 radical (unpaired) electrons. The van der Waals surface area contributed by atoms with Crippen molar-refractivity contribution < 1.29 is 18.6 Å². The lowest BCUT2D eigenvalue weighted by molar-refractivity contribution is -0.240. The van der Waals surface area contributed by atoms with E-state index < -0.39 is 14.5 Å². The highest BCUT2D eigenvalue weighted by molar-refractivity contribution is 7.39. The number of hydrogen-bond donors (Lipinski definition) is 1. The van der Waals surface area contributed by atoms with Gasteiger partial charge in [0.15, 0.2) is 0 Å². The number of halogens is 1. The van der Waals surface area contributed by atoms with Gasteiger partial charge in [-0.25, -0.2) is 0 Å². The number of rotatable bonds is 10. The molecule has 2 atom stereocenters. The van der Waals surface area contributed by atoms with Crippen LogP contribution in [0.4, 0.5) is 0 Å². The molecule has 0 saturated heterocycles. The second-order valence-electron chi connectivity index (χ2n) is 4.23. The molecule has 0 aromatic heterocycles. The molecule has 1 aromatic carbocycles. The van der Waals surface area contributed by atoms with Gasteiger partial charge >= 0.3 is 14.5 Å². The predicted molar refractivity (Wildman–Crippen MR) is 83.6 cm³/mol. The Bertz CT molecular complexity index is 423. The van der Waals surface area contributed by atoms with Crippen molar-refractivity contribution >= 4 is 19.6 Å². The van der Waals surface area contributed by atoms with Gasteiger partial charge in [0.25, 0.3) is 0 Å². The lowest BCUT2D eigenvalue weighted by Crippen LogP contribution is -2.19. The summed E-state index contributed by atoms with van der Waals surface area (Å²) in [5.74, 6) is 0. The Hall–Kier alpha value is -0.550. The van der Waals surface area contributed by atoms with Crippen LogP contribution in [0.15, 0.2) is 24.3 Å². The van der Waals surface area contributed by atoms with Gasteiger partial charge in [0.1, 0.15) is 0 Å². The summed E-state index contributed by atoms with van der Waals surface area (Å²) in [6.45, 7) is 3.95. The fourth-order valence-corrected chi connectivity index (χ4v) is 3.12. The molecule has 0 heterocycles. The number of nitrogens with two attached hydrogens (primary N) is 1. The molecule has 5 nitrogen and oxygen atoms in total. The smallest absolute Gasteiger partial charge is 0.330 e. The van der Waals surface area contributed by atoms with Crippen LogP contribution in [-0.4, -0.2) is 26.2 Å². The standard InChI is InChI=1S/C14H22ClNO4P/c1-3-18-14(19-4-2)20-21(17)13(9-10-16)11-5-7-12(15)8-6-11/h5-8,13-14H,3-4,9-10,16H2,1-2H3/q+1. The predicted octanol–water partition coefficient (Wildman–Crippen LogP) is 3.85. The van der Waals surface area contributed by atoms with E-state index in [1.54, 1.807) is 12.1 Å². The van der Waals surface area contributed by atoms with Crippen LogP contribution in [0.25, 0.3) is 0 Å². The Balaban J connectivity index is 2.78. The molecule has 2 unspecified atom stereocenters. The molecular weight excluding hydrogens is 313 g/mol. The lowest BCUT2D eigenvalue weighted by Gasteiger charge is -2.12. The van der Waals surface area contributed by atoms with E-state index in [1.165, 1.54) is 0 Å². The van der Waals surface area contributed by atoms with Crippen LogP contribution < -0.4 is 5.73 Å². The monoisotopic (exact) mass is 334 g/mol. The van der Waals surface area contributed by atoms with Crippen molar-refractivity contribution in [2.24, 2.45) is 5.73 Å². The summed E-state index contributed by atoms with van der Waals surface area (Å²) in [5.41, 5.74) is 6.17. The van der Waals surface area contributed by atoms with Gasteiger partial charge in [-0.15, -0.1) is 0 Å². The highest BCUT2D eigenvalue weighted by atomic mass is 35.5. The summed E-state index contributed by atoms with van der Waals surface area (Å²) < 4.78 is 28.4. The van der Waals surface area contributed by atoms with E-state index in [1.807, 2.05) is 26.0 Å². The normalized spacial score (nSPS) is 13.5. The van der Waals surface area contributed by atoms with Gasteiger partial charge < -0.3 is 15.2 Å². The molecule has 1 aromatic rings. The highest BCUT2D eigenvalue weighted by Crippen LogP contribution is 2.45. The zero-order valence-corrected chi connectivity index (χ0v) is 14.0. The molecule has 0 aliphatic carbocycles. The topological polar surface area (TPSA) is 70.8 Å². The summed E-state index contributed by atoms with van der Waals surface area (Å²) in [5, 5.41) is 0.628. The maximum absolute atomic E-state index is 12.5. The number of hydrogen-bond acceptors (Lipinski definition) is 5. The molecule has 0 spiro atoms. The zero-order chi connectivity index (χ0) is 15.7. The molecule has 0 aliphatic heterocycles. The van der Waals surface area contributed by atoms with E-state index in [4.69, 9.17) is 31.3 Å². The molecule has 0 fully saturated rings. The molecule has 1 rings (SSSR count). The molecule has 0 saturated carbocycles. The number of benzene rings is 1. The average Bonchev–Trinajstić information content (AvgIpc) is 2.46. The van der Waals surface area contributed by atoms with Gasteiger partial charge in [-0.2, -0.15) is 0 Å². The van der Waals surface area contributed by atoms with E-state index in [2.05, 4.69) is 0 Å². The first-order valence-corrected chi connectivity index (χ1v) is 8.56. The minimum Gasteiger partial charge on any atom is -0.330 e. The zero-order valence-electron chi connectivity index (χ0n) is 12.3. The average molecular weight is 335 g/mol. The van der Waals surface area contributed by atoms with E-state index in [9.17, 15) is 4.57 Å². The fraction of sp³-hybridized carbons (Fsp3) is 0.571. The summed E-state index contributed by atoms with van der Waals surface area (Å²) in [4.78, 5) is 0. The van der Waals surface area contributed by atoms with Gasteiger partial charge in [-0.1, -0.05) is 28.3 Å². The molecule has 0 amide bonds. The van der Waals surface area contributed by atoms with Crippen molar-refractivity contribution in [3.05, 3.63) is 34.9 Å². The second kappa shape index (κ2) is 10.2. The van der Waals surface area contributed by atoms with Crippen LogP contribution >= 0.6 is 19.6 Å². The molecule has 2 N–H and O–H groups in total. The van der Waals surface area contributed by atoms with E-state index in [-0.39, 0.29) is 5.66 Å². The summed E-state index contributed by atoms with van der Waals surface area (Å²) in [7, 11) is -2.02. The first-order chi connectivity index (χ1) is 10.1. The van der Waals surface area contributed by atoms with Crippen LogP contribution in [0, 0.1) is 0 Å². The Morgan fingerprint density at radius 2 is 1.76 bits per heavy atom. The van der Waals surface area contributed by atoms with Crippen molar-refractivity contribution in [3.8, 4) is 0 Å². The third-order valence-electron chi connectivity index (χ3n) is 2.74. The van der Waals surface area contributed by atoms with Crippen molar-refractivity contribution in [1.29, 1.82) is 0 Å². The third kappa shape index (κ3) is 6.39. The van der Waals surface area contributed by atoms with Crippen LogP contribution in [0.2, 0.25) is 5.02 Å². The van der Waals surface area contributed by atoms with Crippen LogP contribution in [0.5, 0.6) is 0 Å². The van der Waals surface area contributed by atoms with Gasteiger partial charge in [-0.05, 0) is 37.1 Å². The Labute approximate surface area is 131 Å². The molecule has 7 heteroatoms. The molecule has 21 heavy (non-hydrogen) atoms. The highest BCUT2D eigenvalue weighted by Gasteiger charge is 2.37. The van der Waals surface area contributed by atoms with E-state index in [0.29, 0.717) is 31.2 Å². The lowest BCUT2D eigenvalue weighted by atomic mass is 10.1. The summed E-state index contributed by atoms with van der Waals surface area (Å²) in [6, 6.07) is 7.17. The van der Waals surface area contributed by atoms with Gasteiger partial charge in [0.05, 0.1) is 0 Å². The van der Waals surface area contributed by atoms with Crippen LogP contribution in [-0.2, 0) is 18.6 Å². The second-order valence-corrected chi connectivity index (χ2v) is 6.08. The van der Waals surface area contributed by atoms with Crippen molar-refractivity contribution in [3.63, 3.8) is 0 Å². The van der Waals surface area contributed by atoms with Crippen molar-refractivity contribution in [2.75, 3.05) is 19.8 Å². The Morgan fingerprint density at radius 1 is 1.19 bits per heavy atom. The first-order valence-electron chi connectivity index (χ1n) is 6.94. The Kier molecular flexibility index (Phi) is 9.00. The first kappa shape index (κ1) is 18.5. The van der Waals surface area contributed by atoms with E-state index >= 15 is 0 Å². The maximum atomic E-state index is 12.5. The van der Waals surface area contributed by atoms with E-state index in [0.717, 1.165) is 5.56 Å². The quantitative estimate of drug-likeness (QED) is 0.520. The largest absolute Gasteiger partial charge is 0.521 e. The Morgan fingerprint density at radius 3 is 2.24 bits per heavy atom. The van der Waals surface area contributed by atoms with Crippen LogP contribution in [0.1, 0.15) is 31.5 Å². The number of ether oxygens (including phenoxy) is 2.